The Bertz CT molecular complexity index is 1740. The molecular weight excluding hydrogens is 1110 g/mol. The summed E-state index contributed by atoms with van der Waals surface area (Å²) < 4.78 is 34.8. The highest BCUT2D eigenvalue weighted by Crippen LogP contribution is 2.39. The van der Waals surface area contributed by atoms with Crippen LogP contribution in [-0.4, -0.2) is 215 Å². The third kappa shape index (κ3) is 27.8. The molecule has 3 saturated heterocycles. The molecular formula is C62H116N2O21. The maximum Gasteiger partial charge on any atom is 0.364 e. The van der Waals surface area contributed by atoms with Gasteiger partial charge < -0.3 is 100 Å². The number of carboxylic acid groups (broad SMARTS) is 1. The topological polar surface area (TPSA) is 373 Å². The Morgan fingerprint density at radius 2 is 1.02 bits per heavy atom. The summed E-state index contributed by atoms with van der Waals surface area (Å²) in [4.78, 5) is 38.5. The van der Waals surface area contributed by atoms with Crippen LogP contribution in [0.4, 0.5) is 0 Å². The van der Waals surface area contributed by atoms with E-state index in [0.717, 1.165) is 51.9 Å². The summed E-state index contributed by atoms with van der Waals surface area (Å²) in [6.07, 6.45) is 8.35. The van der Waals surface area contributed by atoms with Gasteiger partial charge in [-0.1, -0.05) is 206 Å². The van der Waals surface area contributed by atoms with Crippen molar-refractivity contribution in [3.8, 4) is 0 Å². The number of amides is 2. The third-order valence-electron chi connectivity index (χ3n) is 17.1. The van der Waals surface area contributed by atoms with Crippen LogP contribution in [0, 0.1) is 0 Å². The molecule has 0 radical (unpaired) electrons. The van der Waals surface area contributed by atoms with Gasteiger partial charge in [-0.25, -0.2) is 4.79 Å². The monoisotopic (exact) mass is 1220 g/mol. The van der Waals surface area contributed by atoms with Gasteiger partial charge in [0.1, 0.15) is 67.1 Å². The molecule has 3 rings (SSSR count). The lowest BCUT2D eigenvalue weighted by atomic mass is 9.88. The molecule has 85 heavy (non-hydrogen) atoms. The van der Waals surface area contributed by atoms with E-state index < -0.39 is 148 Å². The molecule has 18 unspecified atom stereocenters. The van der Waals surface area contributed by atoms with Gasteiger partial charge >= 0.3 is 5.97 Å². The van der Waals surface area contributed by atoms with Gasteiger partial charge in [0.2, 0.25) is 11.8 Å². The second-order valence-corrected chi connectivity index (χ2v) is 24.3. The Morgan fingerprint density at radius 3 is 1.47 bits per heavy atom. The second kappa shape index (κ2) is 44.2. The maximum atomic E-state index is 13.4. The van der Waals surface area contributed by atoms with Crippen LogP contribution in [0.15, 0.2) is 0 Å². The first kappa shape index (κ1) is 77.0. The van der Waals surface area contributed by atoms with Crippen molar-refractivity contribution in [2.24, 2.45) is 0 Å². The van der Waals surface area contributed by atoms with Crippen molar-refractivity contribution >= 4 is 17.8 Å². The van der Waals surface area contributed by atoms with Crippen LogP contribution in [0.3, 0.4) is 0 Å². The Hall–Kier alpha value is -2.27. The number of aliphatic hydroxyl groups is 11. The third-order valence-corrected chi connectivity index (χ3v) is 17.1. The van der Waals surface area contributed by atoms with E-state index in [4.69, 9.17) is 28.4 Å². The van der Waals surface area contributed by atoms with Crippen LogP contribution in [0.1, 0.15) is 239 Å². The Kier molecular flexibility index (Phi) is 40.1. The molecule has 23 nitrogen and oxygen atoms in total. The summed E-state index contributed by atoms with van der Waals surface area (Å²) in [5, 5.41) is 136. The molecule has 0 aromatic carbocycles. The first-order valence-electron chi connectivity index (χ1n) is 32.9. The van der Waals surface area contributed by atoms with E-state index in [-0.39, 0.29) is 18.9 Å². The van der Waals surface area contributed by atoms with Crippen LogP contribution in [0.2, 0.25) is 0 Å². The molecule has 3 aliphatic rings. The largest absolute Gasteiger partial charge is 0.477 e. The predicted molar refractivity (Wildman–Crippen MR) is 315 cm³/mol. The Labute approximate surface area is 506 Å². The van der Waals surface area contributed by atoms with Crippen molar-refractivity contribution in [2.75, 3.05) is 26.4 Å². The highest BCUT2D eigenvalue weighted by atomic mass is 16.8. The molecule has 3 aliphatic heterocycles. The number of aliphatic carboxylic acids is 1. The van der Waals surface area contributed by atoms with Crippen molar-refractivity contribution < 1.29 is 104 Å². The lowest BCUT2D eigenvalue weighted by Gasteiger charge is -2.50. The molecule has 0 spiro atoms. The average molecular weight is 1230 g/mol. The Balaban J connectivity index is 1.61. The van der Waals surface area contributed by atoms with E-state index in [0.29, 0.717) is 19.3 Å². The van der Waals surface area contributed by atoms with Gasteiger partial charge in [0, 0.05) is 19.8 Å². The summed E-state index contributed by atoms with van der Waals surface area (Å²) in [5.74, 6) is -6.09. The number of unbranched alkanes of at least 4 members (excludes halogenated alkanes) is 29. The molecule has 2 amide bonds. The van der Waals surface area contributed by atoms with E-state index >= 15 is 0 Å². The molecule has 500 valence electrons. The number of nitrogens with one attached hydrogen (secondary N) is 2. The van der Waals surface area contributed by atoms with Gasteiger partial charge in [0.15, 0.2) is 12.6 Å². The molecule has 3 heterocycles. The number of carbonyl (C=O) groups excluding carboxylic acids is 2. The Morgan fingerprint density at radius 1 is 0.565 bits per heavy atom. The SMILES string of the molecule is CCCCCCCCCCCCCCCCCCCCCC(=O)NC(COC1OC(CO)C(OC2OC(CO)C(O)C(OC3(C(=O)O)CC(O)C(NC(C)=O)C(C(O)C(O)CO)O3)C2O)C(O)C1O)C(O)CCCCCCCCCCCCCC. The van der Waals surface area contributed by atoms with E-state index in [2.05, 4.69) is 24.5 Å². The molecule has 18 atom stereocenters. The van der Waals surface area contributed by atoms with Crippen molar-refractivity contribution in [3.63, 3.8) is 0 Å². The average Bonchev–Trinajstić information content (AvgIpc) is 1.25. The number of carbonyl (C=O) groups is 3. The van der Waals surface area contributed by atoms with Crippen LogP contribution in [-0.2, 0) is 42.8 Å². The predicted octanol–water partition coefficient (Wildman–Crippen LogP) is 4.56. The van der Waals surface area contributed by atoms with E-state index in [1.807, 2.05) is 0 Å². The minimum Gasteiger partial charge on any atom is -0.477 e. The zero-order chi connectivity index (χ0) is 62.6. The number of hydrogen-bond donors (Lipinski definition) is 14. The minimum atomic E-state index is -3.08. The van der Waals surface area contributed by atoms with Gasteiger partial charge in [0.25, 0.3) is 5.79 Å². The molecule has 3 fully saturated rings. The highest BCUT2D eigenvalue weighted by molar-refractivity contribution is 5.77. The molecule has 0 aromatic rings. The molecule has 23 heteroatoms. The van der Waals surface area contributed by atoms with Crippen LogP contribution >= 0.6 is 0 Å². The van der Waals surface area contributed by atoms with Gasteiger partial charge in [-0.2, -0.15) is 0 Å². The van der Waals surface area contributed by atoms with Crippen molar-refractivity contribution in [1.29, 1.82) is 0 Å². The quantitative estimate of drug-likeness (QED) is 0.0371. The van der Waals surface area contributed by atoms with Crippen LogP contribution < -0.4 is 10.6 Å². The molecule has 0 aromatic heterocycles. The lowest BCUT2D eigenvalue weighted by Crippen LogP contribution is -2.70. The number of hydrogen-bond acceptors (Lipinski definition) is 20. The zero-order valence-corrected chi connectivity index (χ0v) is 51.7. The standard InChI is InChI=1S/C62H116N2O21/c1-4-6-8-10-12-14-16-18-19-20-21-22-23-24-26-28-30-32-34-36-49(72)64-43(44(69)35-33-31-29-27-25-17-15-13-11-9-7-5-2)41-80-59-54(76)53(75)56(48(40-67)82-59)83-60-55(77)58(52(74)47(39-66)81-60)85-62(61(78)79)37-45(70)50(63-42(3)68)57(84-62)51(73)46(71)38-65/h43-48,50-60,65-67,69-71,73-77H,4-41H2,1-3H3,(H,63,68)(H,64,72)(H,78,79). The minimum absolute atomic E-state index is 0.229. The lowest BCUT2D eigenvalue weighted by molar-refractivity contribution is -0.386. The fourth-order valence-electron chi connectivity index (χ4n) is 11.8. The van der Waals surface area contributed by atoms with Gasteiger partial charge in [-0.3, -0.25) is 9.59 Å². The fraction of sp³-hybridized carbons (Fsp3) is 0.952. The summed E-state index contributed by atoms with van der Waals surface area (Å²) in [6, 6.07) is -2.52. The number of carboxylic acids is 1. The highest BCUT2D eigenvalue weighted by Gasteiger charge is 2.60. The number of rotatable bonds is 49. The second-order valence-electron chi connectivity index (χ2n) is 24.3. The number of ether oxygens (including phenoxy) is 6. The van der Waals surface area contributed by atoms with Gasteiger partial charge in [-0.15, -0.1) is 0 Å². The van der Waals surface area contributed by atoms with Crippen LogP contribution in [0.25, 0.3) is 0 Å². The number of aliphatic hydroxyl groups excluding tert-OH is 11. The maximum absolute atomic E-state index is 13.4. The van der Waals surface area contributed by atoms with Crippen molar-refractivity contribution in [1.82, 2.24) is 10.6 Å². The van der Waals surface area contributed by atoms with Crippen molar-refractivity contribution in [2.45, 2.75) is 349 Å². The smallest absolute Gasteiger partial charge is 0.364 e. The molecule has 0 saturated carbocycles. The first-order valence-corrected chi connectivity index (χ1v) is 32.9. The summed E-state index contributed by atoms with van der Waals surface area (Å²) in [5.41, 5.74) is 0. The molecule has 0 bridgehead atoms. The van der Waals surface area contributed by atoms with Crippen molar-refractivity contribution in [3.05, 3.63) is 0 Å². The molecule has 0 aliphatic carbocycles. The van der Waals surface area contributed by atoms with Crippen LogP contribution in [0.5, 0.6) is 0 Å². The van der Waals surface area contributed by atoms with Gasteiger partial charge in [0.05, 0.1) is 50.7 Å². The first-order chi connectivity index (χ1) is 40.9. The zero-order valence-electron chi connectivity index (χ0n) is 51.7. The van der Waals surface area contributed by atoms with Gasteiger partial charge in [-0.05, 0) is 12.8 Å². The summed E-state index contributed by atoms with van der Waals surface area (Å²) >= 11 is 0. The van der Waals surface area contributed by atoms with E-state index in [1.54, 1.807) is 0 Å². The fourth-order valence-corrected chi connectivity index (χ4v) is 11.8. The van der Waals surface area contributed by atoms with E-state index in [9.17, 15) is 75.7 Å². The van der Waals surface area contributed by atoms with E-state index in [1.165, 1.54) is 141 Å². The normalized spacial score (nSPS) is 29.5. The summed E-state index contributed by atoms with van der Waals surface area (Å²) in [6.45, 7) is 2.19. The molecule has 14 N–H and O–H groups in total. The summed E-state index contributed by atoms with van der Waals surface area (Å²) in [7, 11) is 0.